The van der Waals surface area contributed by atoms with Crippen LogP contribution in [0.3, 0.4) is 0 Å². The van der Waals surface area contributed by atoms with E-state index >= 15 is 0 Å². The number of rotatable bonds is 2. The van der Waals surface area contributed by atoms with Crippen molar-refractivity contribution in [1.82, 2.24) is 15.5 Å². The van der Waals surface area contributed by atoms with Gasteiger partial charge in [-0.3, -0.25) is 9.48 Å². The lowest BCUT2D eigenvalue weighted by Gasteiger charge is -2.26. The van der Waals surface area contributed by atoms with Crippen LogP contribution in [0.5, 0.6) is 0 Å². The predicted molar refractivity (Wildman–Crippen MR) is 98.3 cm³/mol. The Bertz CT molecular complexity index is 411. The van der Waals surface area contributed by atoms with Crippen molar-refractivity contribution in [3.05, 3.63) is 0 Å². The summed E-state index contributed by atoms with van der Waals surface area (Å²) in [6, 6.07) is 1.05. The van der Waals surface area contributed by atoms with Crippen molar-refractivity contribution in [3.8, 4) is 0 Å². The van der Waals surface area contributed by atoms with Gasteiger partial charge in [0.05, 0.1) is 34.2 Å². The van der Waals surface area contributed by atoms with Gasteiger partial charge in [0.15, 0.2) is 0 Å². The molecule has 0 amide bonds. The molecule has 0 radical (unpaired) electrons. The van der Waals surface area contributed by atoms with Gasteiger partial charge in [0.1, 0.15) is 0 Å². The highest BCUT2D eigenvalue weighted by Crippen LogP contribution is 2.21. The lowest BCUT2D eigenvalue weighted by atomic mass is 9.95. The largest absolute Gasteiger partial charge is 0.354 e. The second kappa shape index (κ2) is 9.14. The van der Waals surface area contributed by atoms with E-state index in [0.29, 0.717) is 12.1 Å². The van der Waals surface area contributed by atoms with Crippen molar-refractivity contribution in [3.63, 3.8) is 0 Å². The number of aliphatic imine (C=N–C) groups is 1. The molecule has 0 atom stereocenters. The minimum Gasteiger partial charge on any atom is -0.340 e. The third-order valence-corrected chi connectivity index (χ3v) is 4.91. The van der Waals surface area contributed by atoms with E-state index in [0.717, 1.165) is 11.9 Å². The first-order valence-corrected chi connectivity index (χ1v) is 9.39. The fourth-order valence-electron chi connectivity index (χ4n) is 3.67. The molecular formula is C18H36N5+. The summed E-state index contributed by atoms with van der Waals surface area (Å²) >= 11 is 0. The Morgan fingerprint density at radius 3 is 2.00 bits per heavy atom. The molecule has 0 aromatic heterocycles. The third-order valence-electron chi connectivity index (χ3n) is 4.91. The summed E-state index contributed by atoms with van der Waals surface area (Å²) < 4.78 is 2.11. The molecule has 132 valence electrons. The molecule has 2 aliphatic rings. The topological polar surface area (TPSA) is 42.7 Å². The lowest BCUT2D eigenvalue weighted by molar-refractivity contribution is -0.471. The van der Waals surface area contributed by atoms with Crippen molar-refractivity contribution in [1.29, 1.82) is 0 Å². The normalized spacial score (nSPS) is 21.0. The van der Waals surface area contributed by atoms with Gasteiger partial charge in [0.2, 0.25) is 0 Å². The molecule has 0 aliphatic heterocycles. The van der Waals surface area contributed by atoms with Gasteiger partial charge in [-0.1, -0.05) is 38.5 Å². The van der Waals surface area contributed by atoms with Gasteiger partial charge in [0.25, 0.3) is 5.96 Å². The summed E-state index contributed by atoms with van der Waals surface area (Å²) in [5.74, 6) is 2.05. The highest BCUT2D eigenvalue weighted by atomic mass is 15.4. The monoisotopic (exact) mass is 322 g/mol. The van der Waals surface area contributed by atoms with Gasteiger partial charge < -0.3 is 5.32 Å². The summed E-state index contributed by atoms with van der Waals surface area (Å²) in [5, 5.41) is 7.26. The Morgan fingerprint density at radius 2 is 1.48 bits per heavy atom. The Hall–Kier alpha value is -1.26. The molecular weight excluding hydrogens is 286 g/mol. The highest BCUT2D eigenvalue weighted by Gasteiger charge is 2.22. The van der Waals surface area contributed by atoms with E-state index in [9.17, 15) is 0 Å². The molecule has 0 unspecified atom stereocenters. The van der Waals surface area contributed by atoms with Crippen LogP contribution in [0, 0.1) is 0 Å². The Morgan fingerprint density at radius 1 is 0.913 bits per heavy atom. The zero-order chi connectivity index (χ0) is 16.7. The quantitative estimate of drug-likeness (QED) is 0.466. The molecule has 0 bridgehead atoms. The molecule has 5 heteroatoms. The van der Waals surface area contributed by atoms with Gasteiger partial charge in [0, 0.05) is 6.04 Å². The second-order valence-corrected chi connectivity index (χ2v) is 7.49. The highest BCUT2D eigenvalue weighted by molar-refractivity contribution is 5.96. The molecule has 0 aromatic rings. The minimum atomic E-state index is 0.480. The van der Waals surface area contributed by atoms with E-state index in [1.165, 1.54) is 64.2 Å². The first-order valence-electron chi connectivity index (χ1n) is 9.39. The van der Waals surface area contributed by atoms with Crippen LogP contribution < -0.4 is 10.6 Å². The van der Waals surface area contributed by atoms with Crippen molar-refractivity contribution < 1.29 is 4.58 Å². The fraction of sp³-hybridized carbons (Fsp3) is 0.889. The number of hydrogen-bond acceptors (Lipinski definition) is 1. The van der Waals surface area contributed by atoms with Crippen molar-refractivity contribution in [2.45, 2.75) is 76.3 Å². The van der Waals surface area contributed by atoms with Gasteiger partial charge in [-0.2, -0.15) is 0 Å². The summed E-state index contributed by atoms with van der Waals surface area (Å²) in [7, 11) is 8.28. The van der Waals surface area contributed by atoms with Crippen molar-refractivity contribution in [2.75, 3.05) is 28.2 Å². The average Bonchev–Trinajstić information content (AvgIpc) is 2.53. The number of hydrogen-bond donors (Lipinski definition) is 2. The number of guanidine groups is 2. The van der Waals surface area contributed by atoms with E-state index in [2.05, 4.69) is 48.3 Å². The zero-order valence-corrected chi connectivity index (χ0v) is 15.6. The van der Waals surface area contributed by atoms with Crippen molar-refractivity contribution in [2.24, 2.45) is 4.99 Å². The average molecular weight is 323 g/mol. The van der Waals surface area contributed by atoms with Gasteiger partial charge in [-0.15, -0.1) is 0 Å². The van der Waals surface area contributed by atoms with Crippen LogP contribution in [0.25, 0.3) is 0 Å². The number of nitrogens with zero attached hydrogens (tertiary/aromatic N) is 3. The standard InChI is InChI=1S/C18H35N5/c1-22(2)18(23(3)4)21-17(19-15-11-7-5-8-12-15)20-16-13-9-6-10-14-16/h15-16H,5-14H2,1-4H3,(H,19,20)/p+1. The summed E-state index contributed by atoms with van der Waals surface area (Å²) in [4.78, 5) is 7.16. The first-order chi connectivity index (χ1) is 11.1. The molecule has 2 fully saturated rings. The van der Waals surface area contributed by atoms with E-state index in [4.69, 9.17) is 4.99 Å². The maximum Gasteiger partial charge on any atom is 0.354 e. The van der Waals surface area contributed by atoms with Crippen LogP contribution in [0.4, 0.5) is 0 Å². The van der Waals surface area contributed by atoms with E-state index in [-0.39, 0.29) is 0 Å². The lowest BCUT2D eigenvalue weighted by Crippen LogP contribution is -2.52. The molecule has 2 saturated carbocycles. The van der Waals surface area contributed by atoms with Gasteiger partial charge in [-0.05, 0) is 25.7 Å². The summed E-state index contributed by atoms with van der Waals surface area (Å²) in [5.41, 5.74) is 0. The Kier molecular flexibility index (Phi) is 7.18. The molecule has 0 heterocycles. The van der Waals surface area contributed by atoms with E-state index in [1.54, 1.807) is 0 Å². The molecule has 0 spiro atoms. The molecule has 2 rings (SSSR count). The van der Waals surface area contributed by atoms with Crippen molar-refractivity contribution >= 4 is 11.9 Å². The molecule has 2 aliphatic carbocycles. The molecule has 5 nitrogen and oxygen atoms in total. The zero-order valence-electron chi connectivity index (χ0n) is 15.6. The van der Waals surface area contributed by atoms with Gasteiger partial charge >= 0.3 is 5.96 Å². The fourth-order valence-corrected chi connectivity index (χ4v) is 3.67. The van der Waals surface area contributed by atoms with E-state index < -0.39 is 0 Å². The van der Waals surface area contributed by atoms with Gasteiger partial charge in [-0.25, -0.2) is 10.3 Å². The Labute approximate surface area is 142 Å². The summed E-state index contributed by atoms with van der Waals surface area (Å²) in [6.45, 7) is 0. The SMILES string of the molecule is CN(C)C(NC(=NC1CCCCC1)NC1CCCCC1)=[N+](C)C. The maximum absolute atomic E-state index is 5.05. The maximum atomic E-state index is 5.05. The van der Waals surface area contributed by atoms with Crippen LogP contribution in [0.15, 0.2) is 4.99 Å². The first kappa shape index (κ1) is 18.1. The number of nitrogens with one attached hydrogen (secondary N) is 2. The summed E-state index contributed by atoms with van der Waals surface area (Å²) in [6.07, 6.45) is 13.1. The smallest absolute Gasteiger partial charge is 0.340 e. The van der Waals surface area contributed by atoms with Crippen LogP contribution >= 0.6 is 0 Å². The molecule has 23 heavy (non-hydrogen) atoms. The minimum absolute atomic E-state index is 0.480. The van der Waals surface area contributed by atoms with E-state index in [1.807, 2.05) is 0 Å². The third kappa shape index (κ3) is 6.04. The molecule has 0 aromatic carbocycles. The van der Waals surface area contributed by atoms with Crippen LogP contribution in [0.2, 0.25) is 0 Å². The molecule has 0 saturated heterocycles. The van der Waals surface area contributed by atoms with Crippen LogP contribution in [0.1, 0.15) is 64.2 Å². The van der Waals surface area contributed by atoms with Crippen LogP contribution in [-0.4, -0.2) is 61.7 Å². The molecule has 2 N–H and O–H groups in total. The second-order valence-electron chi connectivity index (χ2n) is 7.49. The predicted octanol–water partition coefficient (Wildman–Crippen LogP) is 2.38. The Balaban J connectivity index is 2.09. The van der Waals surface area contributed by atoms with Crippen LogP contribution in [-0.2, 0) is 0 Å².